The van der Waals surface area contributed by atoms with Gasteiger partial charge >= 0.3 is 5.97 Å². The Kier molecular flexibility index (Phi) is 89.6. The van der Waals surface area contributed by atoms with Gasteiger partial charge in [0.25, 0.3) is 0 Å². The Morgan fingerprint density at radius 2 is 0.702 bits per heavy atom. The number of esters is 1. The normalized spacial score (nSPS) is 9.89. The van der Waals surface area contributed by atoms with Crippen molar-refractivity contribution in [1.82, 2.24) is 5.32 Å². The minimum atomic E-state index is -0.196. The lowest BCUT2D eigenvalue weighted by Gasteiger charge is -2.06. The molecule has 0 unspecified atom stereocenters. The number of hydrogen-bond acceptors (Lipinski definition) is 5. The number of ether oxygens (including phenoxy) is 1. The maximum atomic E-state index is 10.1. The molecule has 0 aliphatic carbocycles. The highest BCUT2D eigenvalue weighted by atomic mass is 16.5. The van der Waals surface area contributed by atoms with Crippen LogP contribution < -0.4 is 5.32 Å². The van der Waals surface area contributed by atoms with Crippen LogP contribution in [0.15, 0.2) is 0 Å². The van der Waals surface area contributed by atoms with Crippen LogP contribution in [-0.4, -0.2) is 38.2 Å². The molecular formula is C52H111NO4. The molecule has 0 radical (unpaired) electrons. The first-order chi connectivity index (χ1) is 27.8. The van der Waals surface area contributed by atoms with Gasteiger partial charge in [-0.05, 0) is 45.2 Å². The summed E-state index contributed by atoms with van der Waals surface area (Å²) in [4.78, 5) is 28.8. The molecular weight excluding hydrogens is 703 g/mol. The van der Waals surface area contributed by atoms with Gasteiger partial charge in [-0.25, -0.2) is 0 Å². The summed E-state index contributed by atoms with van der Waals surface area (Å²) < 4.78 is 4.66. The second kappa shape index (κ2) is 75.6. The summed E-state index contributed by atoms with van der Waals surface area (Å²) in [5.74, 6) is 0.248. The van der Waals surface area contributed by atoms with Crippen molar-refractivity contribution in [1.29, 1.82) is 0 Å². The molecule has 0 aromatic carbocycles. The monoisotopic (exact) mass is 814 g/mol. The Labute approximate surface area is 362 Å². The topological polar surface area (TPSA) is 72.5 Å². The number of unbranched alkanes of at least 4 members (excludes halogenated alkanes) is 30. The molecule has 0 aromatic rings. The summed E-state index contributed by atoms with van der Waals surface area (Å²) in [6, 6.07) is 0. The van der Waals surface area contributed by atoms with E-state index in [2.05, 4.69) is 44.7 Å². The minimum absolute atomic E-state index is 0.196. The van der Waals surface area contributed by atoms with E-state index in [0.29, 0.717) is 12.5 Å². The molecule has 0 aliphatic heterocycles. The lowest BCUT2D eigenvalue weighted by atomic mass is 10.0. The van der Waals surface area contributed by atoms with Gasteiger partial charge in [-0.15, -0.1) is 0 Å². The van der Waals surface area contributed by atoms with Crippen molar-refractivity contribution in [2.75, 3.05) is 19.7 Å². The second-order valence-corrected chi connectivity index (χ2v) is 16.1. The molecule has 0 bridgehead atoms. The van der Waals surface area contributed by atoms with E-state index in [4.69, 9.17) is 4.79 Å². The molecule has 57 heavy (non-hydrogen) atoms. The van der Waals surface area contributed by atoms with Crippen molar-refractivity contribution >= 4 is 18.5 Å². The van der Waals surface area contributed by atoms with E-state index in [-0.39, 0.29) is 5.97 Å². The summed E-state index contributed by atoms with van der Waals surface area (Å²) in [6.45, 7) is 25.0. The summed E-state index contributed by atoms with van der Waals surface area (Å²) >= 11 is 0. The van der Waals surface area contributed by atoms with Crippen LogP contribution in [-0.2, 0) is 19.1 Å². The number of carbonyl (C=O) groups is 3. The molecule has 0 heterocycles. The Bertz CT molecular complexity index is 612. The van der Waals surface area contributed by atoms with Crippen LogP contribution in [0.2, 0.25) is 0 Å². The van der Waals surface area contributed by atoms with Gasteiger partial charge in [0.05, 0.1) is 6.61 Å². The lowest BCUT2D eigenvalue weighted by Crippen LogP contribution is -2.16. The molecule has 0 fully saturated rings. The zero-order valence-electron chi connectivity index (χ0n) is 41.5. The molecule has 0 spiro atoms. The SMILES string of the molecule is CC.CC(=O)OCC(C)C.CC=O.CCC.CCCCCCCCC=O.CCCCCCCCCCCCCCCCNCCCCCCCCCCCCCC. The number of nitrogens with one attached hydrogen (secondary N) is 1. The quantitative estimate of drug-likeness (QED) is 0.0384. The largest absolute Gasteiger partial charge is 0.466 e. The maximum Gasteiger partial charge on any atom is 0.302 e. The molecule has 0 atom stereocenters. The highest BCUT2D eigenvalue weighted by molar-refractivity contribution is 5.65. The van der Waals surface area contributed by atoms with Crippen LogP contribution in [0.4, 0.5) is 0 Å². The fraction of sp³-hybridized carbons (Fsp3) is 0.942. The van der Waals surface area contributed by atoms with Crippen molar-refractivity contribution in [2.24, 2.45) is 5.92 Å². The highest BCUT2D eigenvalue weighted by Gasteiger charge is 1.97. The van der Waals surface area contributed by atoms with E-state index < -0.39 is 0 Å². The van der Waals surface area contributed by atoms with Crippen molar-refractivity contribution in [3.8, 4) is 0 Å². The summed E-state index contributed by atoms with van der Waals surface area (Å²) in [5, 5.41) is 3.66. The molecule has 0 saturated carbocycles. The van der Waals surface area contributed by atoms with E-state index in [1.165, 1.54) is 232 Å². The minimum Gasteiger partial charge on any atom is -0.466 e. The molecule has 0 saturated heterocycles. The zero-order chi connectivity index (χ0) is 44.1. The third-order valence-corrected chi connectivity index (χ3v) is 9.21. The Morgan fingerprint density at radius 3 is 0.895 bits per heavy atom. The second-order valence-electron chi connectivity index (χ2n) is 16.1. The van der Waals surface area contributed by atoms with E-state index in [0.717, 1.165) is 25.4 Å². The first kappa shape index (κ1) is 67.5. The standard InChI is InChI=1S/C30H63N.C9H18O.C6H12O2.C3H8.C2H4O.C2H6/c1-3-5-7-9-11-13-15-17-18-20-22-24-26-28-30-31-29-27-25-23-21-19-16-14-12-10-8-6-4-2;1-2-3-4-5-6-7-8-9-10;1-5(2)4-8-6(3)7;1-3-2;1-2-3;1-2/h31H,3-30H2,1-2H3;9H,2-8H2,1H3;5H,4H2,1-3H3;3H2,1-2H3;2H,1H3;1-2H3. The van der Waals surface area contributed by atoms with Gasteiger partial charge in [0.2, 0.25) is 0 Å². The van der Waals surface area contributed by atoms with Gasteiger partial charge in [-0.3, -0.25) is 4.79 Å². The smallest absolute Gasteiger partial charge is 0.302 e. The van der Waals surface area contributed by atoms with E-state index in [1.54, 1.807) is 0 Å². The molecule has 1 N–H and O–H groups in total. The van der Waals surface area contributed by atoms with Crippen LogP contribution in [0.5, 0.6) is 0 Å². The zero-order valence-corrected chi connectivity index (χ0v) is 41.5. The van der Waals surface area contributed by atoms with Gasteiger partial charge in [-0.1, -0.05) is 255 Å². The van der Waals surface area contributed by atoms with E-state index >= 15 is 0 Å². The first-order valence-electron chi connectivity index (χ1n) is 25.5. The van der Waals surface area contributed by atoms with Crippen LogP contribution in [0.1, 0.15) is 294 Å². The molecule has 348 valence electrons. The molecule has 0 rings (SSSR count). The molecule has 5 nitrogen and oxygen atoms in total. The van der Waals surface area contributed by atoms with Gasteiger partial charge < -0.3 is 19.6 Å². The van der Waals surface area contributed by atoms with Gasteiger partial charge in [-0.2, -0.15) is 0 Å². The average molecular weight is 814 g/mol. The summed E-state index contributed by atoms with van der Waals surface area (Å²) in [7, 11) is 0. The van der Waals surface area contributed by atoms with Crippen molar-refractivity contribution < 1.29 is 19.1 Å². The summed E-state index contributed by atoms with van der Waals surface area (Å²) in [6.07, 6.45) is 49.1. The van der Waals surface area contributed by atoms with Gasteiger partial charge in [0, 0.05) is 13.3 Å². The van der Waals surface area contributed by atoms with Crippen molar-refractivity contribution in [3.63, 3.8) is 0 Å². The maximum absolute atomic E-state index is 10.1. The number of hydrogen-bond donors (Lipinski definition) is 1. The van der Waals surface area contributed by atoms with Crippen LogP contribution in [0.25, 0.3) is 0 Å². The molecule has 0 amide bonds. The van der Waals surface area contributed by atoms with E-state index in [9.17, 15) is 9.59 Å². The van der Waals surface area contributed by atoms with Crippen molar-refractivity contribution in [2.45, 2.75) is 294 Å². The number of carbonyl (C=O) groups excluding carboxylic acids is 3. The molecule has 0 aromatic heterocycles. The van der Waals surface area contributed by atoms with E-state index in [1.807, 2.05) is 27.7 Å². The highest BCUT2D eigenvalue weighted by Crippen LogP contribution is 2.14. The summed E-state index contributed by atoms with van der Waals surface area (Å²) in [5.41, 5.74) is 0. The predicted octanol–water partition coefficient (Wildman–Crippen LogP) is 17.5. The number of rotatable bonds is 37. The Morgan fingerprint density at radius 1 is 0.474 bits per heavy atom. The van der Waals surface area contributed by atoms with Crippen LogP contribution in [0, 0.1) is 5.92 Å². The van der Waals surface area contributed by atoms with Crippen LogP contribution in [0.3, 0.4) is 0 Å². The lowest BCUT2D eigenvalue weighted by molar-refractivity contribution is -0.142. The molecule has 5 heteroatoms. The fourth-order valence-electron chi connectivity index (χ4n) is 5.95. The van der Waals surface area contributed by atoms with Gasteiger partial charge in [0.15, 0.2) is 0 Å². The first-order valence-corrected chi connectivity index (χ1v) is 25.5. The Hall–Kier alpha value is -1.23. The Balaban J connectivity index is -0.000000202. The van der Waals surface area contributed by atoms with Crippen molar-refractivity contribution in [3.05, 3.63) is 0 Å². The predicted molar refractivity (Wildman–Crippen MR) is 259 cm³/mol. The van der Waals surface area contributed by atoms with Crippen LogP contribution >= 0.6 is 0 Å². The van der Waals surface area contributed by atoms with Gasteiger partial charge in [0.1, 0.15) is 12.6 Å². The molecule has 0 aliphatic rings. The fourth-order valence-corrected chi connectivity index (χ4v) is 5.95. The average Bonchev–Trinajstić information content (AvgIpc) is 3.20. The third kappa shape index (κ3) is 101. The number of aldehydes is 2. The third-order valence-electron chi connectivity index (χ3n) is 9.21.